The van der Waals surface area contributed by atoms with E-state index in [4.69, 9.17) is 17.0 Å². The number of ether oxygens (including phenoxy) is 1. The van der Waals surface area contributed by atoms with E-state index in [1.54, 1.807) is 13.8 Å². The average molecular weight is 481 g/mol. The Balaban J connectivity index is 2.07. The third-order valence-electron chi connectivity index (χ3n) is 4.80. The van der Waals surface area contributed by atoms with Gasteiger partial charge in [0, 0.05) is 17.2 Å². The third kappa shape index (κ3) is 4.82. The maximum absolute atomic E-state index is 12.8. The molecule has 0 unspecified atom stereocenters. The smallest absolute Gasteiger partial charge is 0.351 e. The Labute approximate surface area is 200 Å². The molecule has 0 atom stereocenters. The summed E-state index contributed by atoms with van der Waals surface area (Å²) < 4.78 is 5.00. The van der Waals surface area contributed by atoms with Crippen LogP contribution in [0.15, 0.2) is 53.1 Å². The van der Waals surface area contributed by atoms with Gasteiger partial charge >= 0.3 is 5.97 Å². The van der Waals surface area contributed by atoms with Gasteiger partial charge in [0.05, 0.1) is 18.0 Å². The normalized spacial score (nSPS) is 14.7. The summed E-state index contributed by atoms with van der Waals surface area (Å²) in [4.78, 5) is 26.6. The summed E-state index contributed by atoms with van der Waals surface area (Å²) in [7, 11) is 0. The highest BCUT2D eigenvalue weighted by Gasteiger charge is 2.38. The minimum atomic E-state index is -0.893. The molecule has 11 heteroatoms. The van der Waals surface area contributed by atoms with Gasteiger partial charge in [-0.05, 0) is 62.5 Å². The Morgan fingerprint density at radius 3 is 2.41 bits per heavy atom. The summed E-state index contributed by atoms with van der Waals surface area (Å²) in [6.07, 6.45) is 0. The minimum Gasteiger partial charge on any atom is -0.508 e. The molecule has 1 heterocycles. The number of carbonyl (C=O) groups excluding carboxylic acids is 2. The van der Waals surface area contributed by atoms with E-state index in [9.17, 15) is 30.2 Å². The topological polar surface area (TPSA) is 147 Å². The molecule has 3 rings (SSSR count). The SMILES string of the molecule is CCOC(=O)/C(C#N)=C(\c1ccc(O)cc1)N1CC(=O)N(/N=C(\C)c2ccc(O)cc2O)C1=S. The highest BCUT2D eigenvalue weighted by Crippen LogP contribution is 2.30. The maximum Gasteiger partial charge on any atom is 0.351 e. The lowest BCUT2D eigenvalue weighted by Gasteiger charge is -2.22. The molecule has 0 spiro atoms. The molecule has 10 nitrogen and oxygen atoms in total. The van der Waals surface area contributed by atoms with Gasteiger partial charge in [-0.15, -0.1) is 0 Å². The number of nitrogens with zero attached hydrogens (tertiary/aromatic N) is 4. The number of hydrazone groups is 1. The molecule has 0 aromatic heterocycles. The summed E-state index contributed by atoms with van der Waals surface area (Å²) in [5.74, 6) is -1.85. The molecule has 1 aliphatic heterocycles. The Morgan fingerprint density at radius 2 is 1.82 bits per heavy atom. The van der Waals surface area contributed by atoms with Gasteiger partial charge in [-0.3, -0.25) is 4.79 Å². The molecule has 2 aromatic rings. The number of aromatic hydroxyl groups is 3. The number of phenols is 3. The number of carbonyl (C=O) groups is 2. The van der Waals surface area contributed by atoms with Crippen LogP contribution in [-0.4, -0.2) is 61.1 Å². The zero-order valence-electron chi connectivity index (χ0n) is 18.2. The molecule has 0 saturated carbocycles. The number of hydrogen-bond donors (Lipinski definition) is 3. The van der Waals surface area contributed by atoms with Crippen LogP contribution in [0.2, 0.25) is 0 Å². The molecule has 174 valence electrons. The number of benzene rings is 2. The lowest BCUT2D eigenvalue weighted by molar-refractivity contribution is -0.138. The van der Waals surface area contributed by atoms with Crippen molar-refractivity contribution in [2.75, 3.05) is 13.2 Å². The van der Waals surface area contributed by atoms with Crippen molar-refractivity contribution in [1.82, 2.24) is 9.91 Å². The van der Waals surface area contributed by atoms with E-state index in [1.807, 2.05) is 6.07 Å². The maximum atomic E-state index is 12.8. The van der Waals surface area contributed by atoms with Crippen molar-refractivity contribution in [3.05, 3.63) is 59.2 Å². The van der Waals surface area contributed by atoms with Gasteiger partial charge in [0.2, 0.25) is 5.11 Å². The Morgan fingerprint density at radius 1 is 1.18 bits per heavy atom. The van der Waals surface area contributed by atoms with Crippen LogP contribution in [0.4, 0.5) is 0 Å². The van der Waals surface area contributed by atoms with Crippen LogP contribution in [0.3, 0.4) is 0 Å². The Bertz CT molecular complexity index is 1260. The predicted octanol–water partition coefficient (Wildman–Crippen LogP) is 2.45. The molecule has 3 N–H and O–H groups in total. The molecule has 0 aliphatic carbocycles. The zero-order valence-corrected chi connectivity index (χ0v) is 19.0. The first-order valence-corrected chi connectivity index (χ1v) is 10.4. The number of amides is 1. The van der Waals surface area contributed by atoms with Gasteiger partial charge in [-0.25, -0.2) is 4.79 Å². The average Bonchev–Trinajstić information content (AvgIpc) is 3.06. The molecule has 0 radical (unpaired) electrons. The highest BCUT2D eigenvalue weighted by molar-refractivity contribution is 7.80. The lowest BCUT2D eigenvalue weighted by atomic mass is 10.1. The second-order valence-corrected chi connectivity index (χ2v) is 7.43. The third-order valence-corrected chi connectivity index (χ3v) is 5.19. The Hall–Kier alpha value is -4.43. The first-order valence-electron chi connectivity index (χ1n) is 10.0. The van der Waals surface area contributed by atoms with Crippen LogP contribution in [-0.2, 0) is 14.3 Å². The first kappa shape index (κ1) is 24.2. The molecule has 1 saturated heterocycles. The van der Waals surface area contributed by atoms with E-state index in [0.29, 0.717) is 5.56 Å². The molecule has 34 heavy (non-hydrogen) atoms. The highest BCUT2D eigenvalue weighted by atomic mass is 32.1. The number of hydrogen-bond acceptors (Lipinski definition) is 9. The van der Waals surface area contributed by atoms with Crippen LogP contribution < -0.4 is 0 Å². The number of phenolic OH excluding ortho intramolecular Hbond substituents is 3. The zero-order chi connectivity index (χ0) is 25.0. The summed E-state index contributed by atoms with van der Waals surface area (Å²) in [6.45, 7) is 2.84. The van der Waals surface area contributed by atoms with Crippen molar-refractivity contribution in [2.45, 2.75) is 13.8 Å². The van der Waals surface area contributed by atoms with Crippen LogP contribution in [0.1, 0.15) is 25.0 Å². The van der Waals surface area contributed by atoms with Crippen molar-refractivity contribution in [2.24, 2.45) is 5.10 Å². The van der Waals surface area contributed by atoms with Crippen LogP contribution in [0.5, 0.6) is 17.2 Å². The van der Waals surface area contributed by atoms with Gasteiger partial charge in [-0.2, -0.15) is 15.4 Å². The van der Waals surface area contributed by atoms with Crippen molar-refractivity contribution in [3.63, 3.8) is 0 Å². The van der Waals surface area contributed by atoms with Gasteiger partial charge in [0.1, 0.15) is 29.9 Å². The molecular weight excluding hydrogens is 460 g/mol. The predicted molar refractivity (Wildman–Crippen MR) is 125 cm³/mol. The summed E-state index contributed by atoms with van der Waals surface area (Å²) in [5, 5.41) is 44.0. The fraction of sp³-hybridized carbons (Fsp3) is 0.174. The number of esters is 1. The van der Waals surface area contributed by atoms with E-state index >= 15 is 0 Å². The fourth-order valence-electron chi connectivity index (χ4n) is 3.25. The summed E-state index contributed by atoms with van der Waals surface area (Å²) in [6, 6.07) is 11.4. The van der Waals surface area contributed by atoms with Gasteiger partial charge in [0.15, 0.2) is 5.57 Å². The molecule has 2 aromatic carbocycles. The first-order chi connectivity index (χ1) is 16.2. The molecule has 1 aliphatic rings. The molecule has 1 amide bonds. The van der Waals surface area contributed by atoms with Crippen LogP contribution in [0.25, 0.3) is 5.70 Å². The van der Waals surface area contributed by atoms with Crippen molar-refractivity contribution < 1.29 is 29.6 Å². The van der Waals surface area contributed by atoms with Crippen LogP contribution in [0, 0.1) is 11.3 Å². The van der Waals surface area contributed by atoms with Crippen molar-refractivity contribution in [1.29, 1.82) is 5.26 Å². The van der Waals surface area contributed by atoms with E-state index in [2.05, 4.69) is 5.10 Å². The van der Waals surface area contributed by atoms with Gasteiger partial charge in [0.25, 0.3) is 5.91 Å². The van der Waals surface area contributed by atoms with E-state index in [0.717, 1.165) is 11.1 Å². The molecule has 1 fully saturated rings. The van der Waals surface area contributed by atoms with Crippen molar-refractivity contribution >= 4 is 40.6 Å². The monoisotopic (exact) mass is 480 g/mol. The number of nitriles is 1. The van der Waals surface area contributed by atoms with Gasteiger partial charge in [-0.1, -0.05) is 0 Å². The van der Waals surface area contributed by atoms with Crippen molar-refractivity contribution in [3.8, 4) is 23.3 Å². The summed E-state index contributed by atoms with van der Waals surface area (Å²) in [5.41, 5.74) is 0.501. The van der Waals surface area contributed by atoms with E-state index in [1.165, 1.54) is 41.3 Å². The molecular formula is C23H20N4O6S. The quantitative estimate of drug-likeness (QED) is 0.186. The van der Waals surface area contributed by atoms with Crippen LogP contribution >= 0.6 is 12.2 Å². The van der Waals surface area contributed by atoms with E-state index < -0.39 is 11.9 Å². The fourth-order valence-corrected chi connectivity index (χ4v) is 3.55. The standard InChI is InChI=1S/C23H20N4O6S/c1-3-33-22(32)18(11-24)21(14-4-6-15(28)7-5-14)26-12-20(31)27(23(26)34)25-13(2)17-9-8-16(29)10-19(17)30/h4-10,28-30H,3,12H2,1-2H3/b21-18+,25-13+. The second kappa shape index (κ2) is 10.0. The molecule has 0 bridgehead atoms. The minimum absolute atomic E-state index is 0.0297. The summed E-state index contributed by atoms with van der Waals surface area (Å²) >= 11 is 5.46. The largest absolute Gasteiger partial charge is 0.508 e. The van der Waals surface area contributed by atoms with E-state index in [-0.39, 0.29) is 58.1 Å². The number of rotatable bonds is 6. The lowest BCUT2D eigenvalue weighted by Crippen LogP contribution is -2.30. The number of thiocarbonyl (C=S) groups is 1. The van der Waals surface area contributed by atoms with Gasteiger partial charge < -0.3 is 25.0 Å². The Kier molecular flexibility index (Phi) is 7.13. The second-order valence-electron chi connectivity index (χ2n) is 7.06.